The van der Waals surface area contributed by atoms with Gasteiger partial charge in [-0.05, 0) is 212 Å². The highest BCUT2D eigenvalue weighted by Gasteiger charge is 2.18. The fourth-order valence-corrected chi connectivity index (χ4v) is 12.1. The Kier molecular flexibility index (Phi) is 12.4. The molecule has 0 amide bonds. The number of aromatic nitrogens is 2. The van der Waals surface area contributed by atoms with Crippen LogP contribution in [0.1, 0.15) is 25.0 Å². The minimum absolute atomic E-state index is 1.13. The van der Waals surface area contributed by atoms with Gasteiger partial charge in [-0.15, -0.1) is 0 Å². The van der Waals surface area contributed by atoms with E-state index >= 15 is 0 Å². The van der Waals surface area contributed by atoms with E-state index in [1.165, 1.54) is 133 Å². The summed E-state index contributed by atoms with van der Waals surface area (Å²) in [6.07, 6.45) is 8.52. The monoisotopic (exact) mass is 1020 g/mol. The third-order valence-corrected chi connectivity index (χ3v) is 15.8. The van der Waals surface area contributed by atoms with Crippen molar-refractivity contribution >= 4 is 55.8 Å². The topological polar surface area (TPSA) is 9.86 Å². The van der Waals surface area contributed by atoms with E-state index in [9.17, 15) is 0 Å². The van der Waals surface area contributed by atoms with Crippen LogP contribution < -0.4 is 0 Å². The molecule has 0 saturated heterocycles. The normalized spacial score (nSPS) is 11.8. The molecule has 0 N–H and O–H groups in total. The van der Waals surface area contributed by atoms with Crippen molar-refractivity contribution in [3.05, 3.63) is 302 Å². The highest BCUT2D eigenvalue weighted by molar-refractivity contribution is 6.13. The van der Waals surface area contributed by atoms with Crippen molar-refractivity contribution in [1.82, 2.24) is 9.13 Å². The van der Waals surface area contributed by atoms with Gasteiger partial charge in [-0.3, -0.25) is 0 Å². The molecule has 0 unspecified atom stereocenters. The first-order valence-corrected chi connectivity index (χ1v) is 27.7. The summed E-state index contributed by atoms with van der Waals surface area (Å²) in [5, 5.41) is 4.90. The molecule has 14 aromatic rings. The van der Waals surface area contributed by atoms with Gasteiger partial charge in [-0.1, -0.05) is 194 Å². The highest BCUT2D eigenvalue weighted by Crippen LogP contribution is 2.41. The van der Waals surface area contributed by atoms with E-state index in [0.717, 1.165) is 11.4 Å². The molecule has 12 aromatic carbocycles. The fraction of sp³-hybridized carbons (Fsp3) is 0.0256. The number of benzene rings is 12. The molecule has 0 aliphatic rings. The minimum atomic E-state index is 1.13. The first-order chi connectivity index (χ1) is 39.5. The lowest BCUT2D eigenvalue weighted by Gasteiger charge is -2.14. The third kappa shape index (κ3) is 8.93. The van der Waals surface area contributed by atoms with Gasteiger partial charge in [-0.25, -0.2) is 0 Å². The molecule has 2 aromatic heterocycles. The molecule has 378 valence electrons. The average molecular weight is 1020 g/mol. The molecule has 0 saturated carbocycles. The van der Waals surface area contributed by atoms with Crippen molar-refractivity contribution in [2.24, 2.45) is 0 Å². The maximum atomic E-state index is 2.44. The van der Waals surface area contributed by atoms with Crippen LogP contribution in [-0.2, 0) is 0 Å². The maximum Gasteiger partial charge on any atom is 0.0541 e. The van der Waals surface area contributed by atoms with Gasteiger partial charge < -0.3 is 9.13 Å². The van der Waals surface area contributed by atoms with Gasteiger partial charge in [0, 0.05) is 32.9 Å². The predicted molar refractivity (Wildman–Crippen MR) is 343 cm³/mol. The Balaban J connectivity index is 0.848. The van der Waals surface area contributed by atoms with Gasteiger partial charge in [0.15, 0.2) is 0 Å². The molecule has 0 fully saturated rings. The Morgan fingerprint density at radius 3 is 0.925 bits per heavy atom. The molecular weight excluding hydrogens is 965 g/mol. The van der Waals surface area contributed by atoms with Crippen molar-refractivity contribution in [1.29, 1.82) is 0 Å². The summed E-state index contributed by atoms with van der Waals surface area (Å²) < 4.78 is 4.87. The molecule has 14 rings (SSSR count). The van der Waals surface area contributed by atoms with Gasteiger partial charge in [0.25, 0.3) is 0 Å². The van der Waals surface area contributed by atoms with Crippen molar-refractivity contribution in [2.45, 2.75) is 13.8 Å². The lowest BCUT2D eigenvalue weighted by molar-refractivity contribution is 1.18. The second-order valence-corrected chi connectivity index (χ2v) is 20.9. The summed E-state index contributed by atoms with van der Waals surface area (Å²) in [5.41, 5.74) is 26.0. The number of para-hydroxylation sites is 2. The number of nitrogens with zero attached hydrogens (tertiary/aromatic N) is 2. The summed E-state index contributed by atoms with van der Waals surface area (Å²) in [6.45, 7) is 4.14. The van der Waals surface area contributed by atoms with Crippen molar-refractivity contribution in [3.63, 3.8) is 0 Å². The van der Waals surface area contributed by atoms with E-state index in [-0.39, 0.29) is 0 Å². The lowest BCUT2D eigenvalue weighted by Crippen LogP contribution is -1.95. The van der Waals surface area contributed by atoms with Crippen LogP contribution in [0.5, 0.6) is 0 Å². The first-order valence-electron chi connectivity index (χ1n) is 27.7. The fourth-order valence-electron chi connectivity index (χ4n) is 12.1. The van der Waals surface area contributed by atoms with E-state index in [1.807, 2.05) is 0 Å². The van der Waals surface area contributed by atoms with Crippen LogP contribution >= 0.6 is 0 Å². The summed E-state index contributed by atoms with van der Waals surface area (Å²) in [5.74, 6) is 0. The Hall–Kier alpha value is -10.3. The molecule has 0 atom stereocenters. The van der Waals surface area contributed by atoms with E-state index in [0.29, 0.717) is 0 Å². The van der Waals surface area contributed by atoms with Crippen molar-refractivity contribution in [2.75, 3.05) is 0 Å². The number of allylic oxidation sites excluding steroid dienone is 2. The van der Waals surface area contributed by atoms with Gasteiger partial charge in [-0.2, -0.15) is 0 Å². The Bertz CT molecular complexity index is 4420. The smallest absolute Gasteiger partial charge is 0.0541 e. The number of hydrogen-bond donors (Lipinski definition) is 0. The zero-order chi connectivity index (χ0) is 53.5. The van der Waals surface area contributed by atoms with Crippen LogP contribution in [0, 0.1) is 0 Å². The first kappa shape index (κ1) is 48.1. The lowest BCUT2D eigenvalue weighted by atomic mass is 9.92. The molecule has 0 aliphatic heterocycles. The molecule has 0 spiro atoms. The number of fused-ring (bicyclic) bond motifs is 6. The zero-order valence-electron chi connectivity index (χ0n) is 44.8. The van der Waals surface area contributed by atoms with Gasteiger partial charge in [0.2, 0.25) is 0 Å². The summed E-state index contributed by atoms with van der Waals surface area (Å²) >= 11 is 0. The molecule has 0 radical (unpaired) electrons. The van der Waals surface area contributed by atoms with Gasteiger partial charge >= 0.3 is 0 Å². The molecule has 2 nitrogen and oxygen atoms in total. The van der Waals surface area contributed by atoms with Crippen LogP contribution in [0.4, 0.5) is 0 Å². The molecular formula is C78H56N2. The largest absolute Gasteiger partial charge is 0.309 e. The number of hydrogen-bond acceptors (Lipinski definition) is 0. The van der Waals surface area contributed by atoms with E-state index in [2.05, 4.69) is 326 Å². The Morgan fingerprint density at radius 2 is 0.525 bits per heavy atom. The quantitative estimate of drug-likeness (QED) is 0.122. The second-order valence-electron chi connectivity index (χ2n) is 20.9. The van der Waals surface area contributed by atoms with Crippen LogP contribution in [0.25, 0.3) is 145 Å². The molecule has 0 aliphatic carbocycles. The highest BCUT2D eigenvalue weighted by atomic mass is 15.0. The van der Waals surface area contributed by atoms with E-state index in [1.54, 1.807) is 0 Å². The zero-order valence-corrected chi connectivity index (χ0v) is 44.8. The summed E-state index contributed by atoms with van der Waals surface area (Å²) in [7, 11) is 0. The van der Waals surface area contributed by atoms with Crippen molar-refractivity contribution in [3.8, 4) is 89.3 Å². The average Bonchev–Trinajstić information content (AvgIpc) is 4.10. The second kappa shape index (κ2) is 20.6. The van der Waals surface area contributed by atoms with Crippen LogP contribution in [0.2, 0.25) is 0 Å². The van der Waals surface area contributed by atoms with Crippen molar-refractivity contribution < 1.29 is 0 Å². The summed E-state index contributed by atoms with van der Waals surface area (Å²) in [4.78, 5) is 0. The Labute approximate surface area is 467 Å². The van der Waals surface area contributed by atoms with Crippen LogP contribution in [0.3, 0.4) is 0 Å². The third-order valence-electron chi connectivity index (χ3n) is 15.8. The van der Waals surface area contributed by atoms with Crippen LogP contribution in [-0.4, -0.2) is 9.13 Å². The van der Waals surface area contributed by atoms with Gasteiger partial charge in [0.05, 0.1) is 22.1 Å². The predicted octanol–water partition coefficient (Wildman–Crippen LogP) is 21.6. The molecule has 80 heavy (non-hydrogen) atoms. The molecule has 0 bridgehead atoms. The SMILES string of the molecule is C/C=C/c1cccc(-c2cc(-c3ccccc3)cc(-c3cccc(-n4c5ccccc5c5cc(-c6ccc7c(c6)c6ccccc6n7-c6cccc(-c7cc(-c8ccccc8)cc(-c8cccc(/C=C/C)c8)c7)c6)ccc54)c3)c2)c1. The molecule has 2 heterocycles. The van der Waals surface area contributed by atoms with E-state index < -0.39 is 0 Å². The van der Waals surface area contributed by atoms with Crippen LogP contribution in [0.15, 0.2) is 291 Å². The number of rotatable bonds is 11. The van der Waals surface area contributed by atoms with Gasteiger partial charge in [0.1, 0.15) is 0 Å². The Morgan fingerprint density at radius 1 is 0.212 bits per heavy atom. The van der Waals surface area contributed by atoms with E-state index in [4.69, 9.17) is 0 Å². The maximum absolute atomic E-state index is 2.44. The minimum Gasteiger partial charge on any atom is -0.309 e. The summed E-state index contributed by atoms with van der Waals surface area (Å²) in [6, 6.07) is 103. The molecule has 2 heteroatoms. The standard InChI is InChI=1S/C78H56N2/c1-3-19-53-21-15-27-57(41-53)65-43-63(55-23-7-5-8-24-55)45-67(47-65)59-29-17-31-69(49-59)79-75-35-13-11-33-71(75)73-51-61(37-39-77(73)79)62-38-40-78-74(52-62)72-34-12-14-36-76(72)80(78)70-32-18-30-60(50-70)68-46-64(56-25-9-6-10-26-56)44-66(48-68)58-28-16-22-54(42-58)20-4-2/h3-52H,1-2H3/b19-3+,20-4+.